The Labute approximate surface area is 215 Å². The van der Waals surface area contributed by atoms with Crippen LogP contribution in [0.15, 0.2) is 53.7 Å². The van der Waals surface area contributed by atoms with Gasteiger partial charge in [0.2, 0.25) is 5.91 Å². The number of halogens is 1. The van der Waals surface area contributed by atoms with Crippen LogP contribution in [0.1, 0.15) is 45.9 Å². The fourth-order valence-corrected chi connectivity index (χ4v) is 5.36. The number of carbonyl (C=O) groups is 1. The molecule has 1 amide bonds. The molecule has 0 aliphatic carbocycles. The van der Waals surface area contributed by atoms with Crippen LogP contribution in [0.5, 0.6) is 11.5 Å². The number of hydrogen-bond donors (Lipinski definition) is 0. The van der Waals surface area contributed by atoms with Crippen LogP contribution >= 0.6 is 23.4 Å². The summed E-state index contributed by atoms with van der Waals surface area (Å²) in [7, 11) is 0. The van der Waals surface area contributed by atoms with Gasteiger partial charge in [-0.2, -0.15) is 0 Å². The van der Waals surface area contributed by atoms with Crippen LogP contribution in [0.25, 0.3) is 5.69 Å². The third kappa shape index (κ3) is 6.30. The van der Waals surface area contributed by atoms with Crippen molar-refractivity contribution in [2.24, 2.45) is 0 Å². The van der Waals surface area contributed by atoms with Crippen LogP contribution in [0, 0.1) is 0 Å². The van der Waals surface area contributed by atoms with Crippen molar-refractivity contribution in [1.29, 1.82) is 0 Å². The minimum atomic E-state index is 0.132. The molecule has 2 aromatic carbocycles. The Morgan fingerprint density at radius 1 is 1.00 bits per heavy atom. The maximum absolute atomic E-state index is 13.1. The Morgan fingerprint density at radius 2 is 1.63 bits per heavy atom. The molecule has 2 atom stereocenters. The van der Waals surface area contributed by atoms with Gasteiger partial charge in [0.05, 0.1) is 12.4 Å². The average Bonchev–Trinajstić information content (AvgIpc) is 3.25. The first-order chi connectivity index (χ1) is 17.0. The van der Waals surface area contributed by atoms with Gasteiger partial charge in [-0.3, -0.25) is 9.36 Å². The Balaban J connectivity index is 1.51. The normalized spacial score (nSPS) is 17.9. The summed E-state index contributed by atoms with van der Waals surface area (Å²) >= 11 is 7.51. The molecule has 35 heavy (non-hydrogen) atoms. The van der Waals surface area contributed by atoms with Crippen molar-refractivity contribution >= 4 is 29.3 Å². The van der Waals surface area contributed by atoms with E-state index in [1.54, 1.807) is 0 Å². The number of ether oxygens (including phenoxy) is 2. The van der Waals surface area contributed by atoms with E-state index in [1.165, 1.54) is 18.2 Å². The lowest BCUT2D eigenvalue weighted by Gasteiger charge is -2.39. The number of aromatic nitrogens is 3. The highest BCUT2D eigenvalue weighted by atomic mass is 35.5. The lowest BCUT2D eigenvalue weighted by Crippen LogP contribution is -2.48. The molecule has 1 aromatic heterocycles. The van der Waals surface area contributed by atoms with Gasteiger partial charge in [0.15, 0.2) is 11.0 Å². The molecule has 7 nitrogen and oxygen atoms in total. The van der Waals surface area contributed by atoms with E-state index in [-0.39, 0.29) is 24.6 Å². The number of likely N-dealkylation sites (tertiary alicyclic amines) is 1. The molecule has 0 radical (unpaired) electrons. The molecule has 0 saturated carbocycles. The first-order valence-corrected chi connectivity index (χ1v) is 13.3. The fraction of sp³-hybridized carbons (Fsp3) is 0.423. The van der Waals surface area contributed by atoms with Gasteiger partial charge in [0, 0.05) is 22.8 Å². The highest BCUT2D eigenvalue weighted by Gasteiger charge is 2.29. The Bertz CT molecular complexity index is 1110. The summed E-state index contributed by atoms with van der Waals surface area (Å²) in [6.45, 7) is 7.04. The number of hydrogen-bond acceptors (Lipinski definition) is 6. The van der Waals surface area contributed by atoms with E-state index in [0.29, 0.717) is 34.1 Å². The molecule has 1 aliphatic rings. The lowest BCUT2D eigenvalue weighted by atomic mass is 9.98. The summed E-state index contributed by atoms with van der Waals surface area (Å²) in [5.74, 6) is 2.57. The van der Waals surface area contributed by atoms with Crippen molar-refractivity contribution in [3.05, 3.63) is 59.4 Å². The quantitative estimate of drug-likeness (QED) is 0.337. The summed E-state index contributed by atoms with van der Waals surface area (Å²) in [5.41, 5.74) is 0.861. The van der Waals surface area contributed by atoms with Gasteiger partial charge in [-0.25, -0.2) is 0 Å². The van der Waals surface area contributed by atoms with Crippen LogP contribution in [0.3, 0.4) is 0 Å². The monoisotopic (exact) mass is 514 g/mol. The zero-order valence-electron chi connectivity index (χ0n) is 20.3. The minimum Gasteiger partial charge on any atom is -0.494 e. The van der Waals surface area contributed by atoms with Crippen molar-refractivity contribution in [2.45, 2.75) is 63.9 Å². The maximum Gasteiger partial charge on any atom is 0.233 e. The molecule has 2 unspecified atom stereocenters. The molecule has 0 N–H and O–H groups in total. The fourth-order valence-electron chi connectivity index (χ4n) is 4.40. The molecule has 2 heterocycles. The van der Waals surface area contributed by atoms with Crippen LogP contribution in [-0.4, -0.2) is 50.0 Å². The van der Waals surface area contributed by atoms with Gasteiger partial charge in [0.25, 0.3) is 0 Å². The lowest BCUT2D eigenvalue weighted by molar-refractivity contribution is -0.134. The van der Waals surface area contributed by atoms with Crippen molar-refractivity contribution in [3.8, 4) is 17.2 Å². The van der Waals surface area contributed by atoms with Crippen LogP contribution in [0.2, 0.25) is 5.02 Å². The number of thioether (sulfide) groups is 1. The van der Waals surface area contributed by atoms with E-state index >= 15 is 0 Å². The summed E-state index contributed by atoms with van der Waals surface area (Å²) in [5, 5.41) is 10.1. The molecular formula is C26H31ClN4O3S. The third-order valence-electron chi connectivity index (χ3n) is 6.09. The second-order valence-electron chi connectivity index (χ2n) is 8.62. The van der Waals surface area contributed by atoms with Crippen LogP contribution in [-0.2, 0) is 11.4 Å². The first kappa shape index (κ1) is 25.4. The van der Waals surface area contributed by atoms with E-state index in [0.717, 1.165) is 24.3 Å². The van der Waals surface area contributed by atoms with Gasteiger partial charge < -0.3 is 14.4 Å². The Morgan fingerprint density at radius 3 is 2.26 bits per heavy atom. The van der Waals surface area contributed by atoms with E-state index in [2.05, 4.69) is 24.0 Å². The molecule has 0 bridgehead atoms. The number of carbonyl (C=O) groups excluding carboxylic acids is 1. The van der Waals surface area contributed by atoms with Gasteiger partial charge in [-0.05, 0) is 88.6 Å². The van der Waals surface area contributed by atoms with Crippen molar-refractivity contribution < 1.29 is 14.3 Å². The largest absolute Gasteiger partial charge is 0.494 e. The van der Waals surface area contributed by atoms with Crippen LogP contribution < -0.4 is 9.47 Å². The summed E-state index contributed by atoms with van der Waals surface area (Å²) < 4.78 is 13.4. The number of piperidine rings is 1. The topological polar surface area (TPSA) is 69.5 Å². The molecular weight excluding hydrogens is 484 g/mol. The Kier molecular flexibility index (Phi) is 8.57. The number of nitrogens with zero attached hydrogens (tertiary/aromatic N) is 4. The molecule has 186 valence electrons. The van der Waals surface area contributed by atoms with Gasteiger partial charge in [-0.1, -0.05) is 23.4 Å². The Hall–Kier alpha value is -2.71. The average molecular weight is 515 g/mol. The van der Waals surface area contributed by atoms with Crippen molar-refractivity contribution in [2.75, 3.05) is 12.4 Å². The SMILES string of the molecule is CCOc1ccc(OCc2nnc(SCC(=O)N3C(C)CCCC3C)n2-c2ccc(Cl)cc2)cc1. The first-order valence-electron chi connectivity index (χ1n) is 12.0. The summed E-state index contributed by atoms with van der Waals surface area (Å²) in [6, 6.07) is 15.5. The molecule has 1 aliphatic heterocycles. The van der Waals surface area contributed by atoms with E-state index in [9.17, 15) is 4.79 Å². The zero-order valence-corrected chi connectivity index (χ0v) is 21.9. The number of amides is 1. The predicted molar refractivity (Wildman–Crippen MR) is 139 cm³/mol. The highest BCUT2D eigenvalue weighted by molar-refractivity contribution is 7.99. The molecule has 1 fully saturated rings. The molecule has 3 aromatic rings. The maximum atomic E-state index is 13.1. The standard InChI is InChI=1S/C26H31ClN4O3S/c1-4-33-22-12-14-23(15-13-22)34-16-24-28-29-26(31(24)21-10-8-20(27)9-11-21)35-17-25(32)30-18(2)6-5-7-19(30)3/h8-15,18-19H,4-7,16-17H2,1-3H3. The molecule has 1 saturated heterocycles. The summed E-state index contributed by atoms with van der Waals surface area (Å²) in [6.07, 6.45) is 3.27. The molecule has 9 heteroatoms. The third-order valence-corrected chi connectivity index (χ3v) is 7.26. The van der Waals surface area contributed by atoms with Crippen LogP contribution in [0.4, 0.5) is 0 Å². The van der Waals surface area contributed by atoms with E-state index in [1.807, 2.05) is 64.9 Å². The van der Waals surface area contributed by atoms with Gasteiger partial charge in [-0.15, -0.1) is 10.2 Å². The van der Waals surface area contributed by atoms with Gasteiger partial charge >= 0.3 is 0 Å². The number of rotatable bonds is 9. The zero-order chi connectivity index (χ0) is 24.8. The summed E-state index contributed by atoms with van der Waals surface area (Å²) in [4.78, 5) is 15.1. The highest BCUT2D eigenvalue weighted by Crippen LogP contribution is 2.28. The molecule has 4 rings (SSSR count). The van der Waals surface area contributed by atoms with Crippen molar-refractivity contribution in [3.63, 3.8) is 0 Å². The van der Waals surface area contributed by atoms with E-state index < -0.39 is 0 Å². The van der Waals surface area contributed by atoms with Crippen molar-refractivity contribution in [1.82, 2.24) is 19.7 Å². The number of benzene rings is 2. The second-order valence-corrected chi connectivity index (χ2v) is 10.0. The van der Waals surface area contributed by atoms with Gasteiger partial charge in [0.1, 0.15) is 18.1 Å². The molecule has 0 spiro atoms. The predicted octanol–water partition coefficient (Wildman–Crippen LogP) is 5.78. The second kappa shape index (κ2) is 11.8. The smallest absolute Gasteiger partial charge is 0.233 e. The minimum absolute atomic E-state index is 0.132. The van der Waals surface area contributed by atoms with E-state index in [4.69, 9.17) is 21.1 Å².